The smallest absolute Gasteiger partial charge is 0.254 e. The lowest BCUT2D eigenvalue weighted by molar-refractivity contribution is 0.0535. The van der Waals surface area contributed by atoms with Crippen LogP contribution < -0.4 is 0 Å². The summed E-state index contributed by atoms with van der Waals surface area (Å²) in [6, 6.07) is 11.1. The molecule has 1 aliphatic heterocycles. The van der Waals surface area contributed by atoms with Crippen molar-refractivity contribution >= 4 is 22.9 Å². The van der Waals surface area contributed by atoms with Gasteiger partial charge in [0.25, 0.3) is 11.8 Å². The Kier molecular flexibility index (Phi) is 4.63. The maximum absolute atomic E-state index is 12.8. The van der Waals surface area contributed by atoms with Crippen molar-refractivity contribution in [2.45, 2.75) is 20.8 Å². The van der Waals surface area contributed by atoms with E-state index in [0.717, 1.165) is 5.56 Å². The molecule has 1 fully saturated rings. The van der Waals surface area contributed by atoms with E-state index in [2.05, 4.69) is 4.98 Å². The van der Waals surface area contributed by atoms with Gasteiger partial charge in [-0.2, -0.15) is 0 Å². The van der Waals surface area contributed by atoms with Gasteiger partial charge in [-0.05, 0) is 55.3 Å². The minimum absolute atomic E-state index is 0.0229. The summed E-state index contributed by atoms with van der Waals surface area (Å²) >= 11 is 0. The van der Waals surface area contributed by atoms with Gasteiger partial charge < -0.3 is 14.2 Å². The summed E-state index contributed by atoms with van der Waals surface area (Å²) < 4.78 is 5.47. The maximum atomic E-state index is 12.8. The fraction of sp³-hybridized carbons (Fsp3) is 0.318. The number of hydrogen-bond acceptors (Lipinski definition) is 4. The second-order valence-electron chi connectivity index (χ2n) is 7.30. The van der Waals surface area contributed by atoms with Crippen molar-refractivity contribution < 1.29 is 14.0 Å². The Morgan fingerprint density at radius 1 is 0.821 bits per heavy atom. The van der Waals surface area contributed by atoms with Gasteiger partial charge in [-0.1, -0.05) is 6.07 Å². The molecule has 4 rings (SSSR count). The van der Waals surface area contributed by atoms with E-state index in [4.69, 9.17) is 4.42 Å². The molecule has 28 heavy (non-hydrogen) atoms. The van der Waals surface area contributed by atoms with Crippen LogP contribution in [0.5, 0.6) is 0 Å². The van der Waals surface area contributed by atoms with Crippen LogP contribution in [-0.4, -0.2) is 52.8 Å². The number of amides is 2. The zero-order chi connectivity index (χ0) is 19.8. The summed E-state index contributed by atoms with van der Waals surface area (Å²) in [4.78, 5) is 33.5. The van der Waals surface area contributed by atoms with Crippen molar-refractivity contribution in [2.24, 2.45) is 0 Å². The van der Waals surface area contributed by atoms with Crippen molar-refractivity contribution in [3.8, 4) is 0 Å². The minimum Gasteiger partial charge on any atom is -0.441 e. The second-order valence-corrected chi connectivity index (χ2v) is 7.30. The Morgan fingerprint density at radius 3 is 2.00 bits per heavy atom. The van der Waals surface area contributed by atoms with Gasteiger partial charge in [0.1, 0.15) is 5.52 Å². The van der Waals surface area contributed by atoms with Gasteiger partial charge in [0, 0.05) is 44.2 Å². The highest BCUT2D eigenvalue weighted by Gasteiger charge is 2.26. The number of aromatic nitrogens is 1. The number of benzene rings is 2. The molecule has 0 aliphatic carbocycles. The SMILES string of the molecule is Cc1nc2cc(C(=O)N3CCN(C(=O)c4ccc(C)c(C)c4)CC3)ccc2o1. The van der Waals surface area contributed by atoms with Crippen molar-refractivity contribution in [3.63, 3.8) is 0 Å². The molecule has 0 spiro atoms. The largest absolute Gasteiger partial charge is 0.441 e. The average molecular weight is 377 g/mol. The third-order valence-corrected chi connectivity index (χ3v) is 5.35. The van der Waals surface area contributed by atoms with E-state index >= 15 is 0 Å². The fourth-order valence-corrected chi connectivity index (χ4v) is 3.53. The number of rotatable bonds is 2. The van der Waals surface area contributed by atoms with Gasteiger partial charge in [0.2, 0.25) is 0 Å². The number of fused-ring (bicyclic) bond motifs is 1. The zero-order valence-electron chi connectivity index (χ0n) is 16.4. The Balaban J connectivity index is 1.43. The highest BCUT2D eigenvalue weighted by atomic mass is 16.3. The number of carbonyl (C=O) groups excluding carboxylic acids is 2. The highest BCUT2D eigenvalue weighted by molar-refractivity contribution is 5.98. The Hall–Kier alpha value is -3.15. The monoisotopic (exact) mass is 377 g/mol. The fourth-order valence-electron chi connectivity index (χ4n) is 3.53. The van der Waals surface area contributed by atoms with Gasteiger partial charge in [0.05, 0.1) is 0 Å². The first-order chi connectivity index (χ1) is 13.4. The van der Waals surface area contributed by atoms with Crippen molar-refractivity contribution in [2.75, 3.05) is 26.2 Å². The Morgan fingerprint density at radius 2 is 1.39 bits per heavy atom. The minimum atomic E-state index is -0.0409. The van der Waals surface area contributed by atoms with E-state index < -0.39 is 0 Å². The first-order valence-electron chi connectivity index (χ1n) is 9.45. The molecule has 0 atom stereocenters. The Labute approximate surface area is 163 Å². The maximum Gasteiger partial charge on any atom is 0.254 e. The summed E-state index contributed by atoms with van der Waals surface area (Å²) in [6.45, 7) is 7.93. The van der Waals surface area contributed by atoms with Gasteiger partial charge >= 0.3 is 0 Å². The van der Waals surface area contributed by atoms with Gasteiger partial charge in [0.15, 0.2) is 11.5 Å². The van der Waals surface area contributed by atoms with Crippen molar-refractivity contribution in [3.05, 3.63) is 64.5 Å². The van der Waals surface area contributed by atoms with Crippen molar-refractivity contribution in [1.29, 1.82) is 0 Å². The van der Waals surface area contributed by atoms with Crippen LogP contribution in [0.2, 0.25) is 0 Å². The molecule has 0 bridgehead atoms. The van der Waals surface area contributed by atoms with E-state index in [1.54, 1.807) is 30.0 Å². The van der Waals surface area contributed by atoms with Crippen LogP contribution in [0, 0.1) is 20.8 Å². The summed E-state index contributed by atoms with van der Waals surface area (Å²) in [5.74, 6) is 0.564. The molecule has 2 amide bonds. The third-order valence-electron chi connectivity index (χ3n) is 5.35. The topological polar surface area (TPSA) is 66.7 Å². The lowest BCUT2D eigenvalue weighted by Gasteiger charge is -2.35. The molecule has 0 saturated carbocycles. The van der Waals surface area contributed by atoms with Crippen LogP contribution >= 0.6 is 0 Å². The van der Waals surface area contributed by atoms with Crippen molar-refractivity contribution in [1.82, 2.24) is 14.8 Å². The van der Waals surface area contributed by atoms with E-state index in [0.29, 0.717) is 54.3 Å². The molecule has 1 aromatic heterocycles. The second kappa shape index (κ2) is 7.11. The number of nitrogens with zero attached hydrogens (tertiary/aromatic N) is 3. The van der Waals surface area contributed by atoms with E-state index in [9.17, 15) is 9.59 Å². The molecule has 1 saturated heterocycles. The van der Waals surface area contributed by atoms with Gasteiger partial charge in [-0.15, -0.1) is 0 Å². The number of carbonyl (C=O) groups is 2. The van der Waals surface area contributed by atoms with Crippen LogP contribution in [0.25, 0.3) is 11.1 Å². The molecule has 6 nitrogen and oxygen atoms in total. The average Bonchev–Trinajstić information content (AvgIpc) is 3.08. The molecule has 2 aromatic carbocycles. The van der Waals surface area contributed by atoms with Gasteiger partial charge in [-0.25, -0.2) is 4.98 Å². The highest BCUT2D eigenvalue weighted by Crippen LogP contribution is 2.19. The summed E-state index contributed by atoms with van der Waals surface area (Å²) in [5.41, 5.74) is 4.94. The number of oxazole rings is 1. The lowest BCUT2D eigenvalue weighted by Crippen LogP contribution is -2.50. The quantitative estimate of drug-likeness (QED) is 0.687. The molecule has 2 heterocycles. The molecule has 0 unspecified atom stereocenters. The standard InChI is InChI=1S/C22H23N3O3/c1-14-4-5-17(12-15(14)2)21(26)24-8-10-25(11-9-24)22(27)18-6-7-20-19(13-18)23-16(3)28-20/h4-7,12-13H,8-11H2,1-3H3. The van der Waals surface area contributed by atoms with E-state index in [1.807, 2.05) is 36.9 Å². The third kappa shape index (κ3) is 3.38. The van der Waals surface area contributed by atoms with Crippen LogP contribution in [-0.2, 0) is 0 Å². The number of piperazine rings is 1. The normalized spacial score (nSPS) is 14.5. The summed E-state index contributed by atoms with van der Waals surface area (Å²) in [5, 5.41) is 0. The first kappa shape index (κ1) is 18.2. The first-order valence-corrected chi connectivity index (χ1v) is 9.45. The summed E-state index contributed by atoms with van der Waals surface area (Å²) in [7, 11) is 0. The molecular weight excluding hydrogens is 354 g/mol. The predicted octanol–water partition coefficient (Wildman–Crippen LogP) is 3.35. The lowest BCUT2D eigenvalue weighted by atomic mass is 10.1. The molecule has 144 valence electrons. The zero-order valence-corrected chi connectivity index (χ0v) is 16.4. The Bertz CT molecular complexity index is 1060. The molecule has 0 N–H and O–H groups in total. The molecule has 0 radical (unpaired) electrons. The van der Waals surface area contributed by atoms with Crippen LogP contribution in [0.1, 0.15) is 37.7 Å². The number of aryl methyl sites for hydroxylation is 3. The van der Waals surface area contributed by atoms with Crippen LogP contribution in [0.3, 0.4) is 0 Å². The molecule has 1 aliphatic rings. The predicted molar refractivity (Wildman–Crippen MR) is 106 cm³/mol. The molecule has 3 aromatic rings. The molecule has 6 heteroatoms. The summed E-state index contributed by atoms with van der Waals surface area (Å²) in [6.07, 6.45) is 0. The van der Waals surface area contributed by atoms with Gasteiger partial charge in [-0.3, -0.25) is 9.59 Å². The van der Waals surface area contributed by atoms with Crippen LogP contribution in [0.15, 0.2) is 40.8 Å². The van der Waals surface area contributed by atoms with Crippen LogP contribution in [0.4, 0.5) is 0 Å². The van der Waals surface area contributed by atoms with E-state index in [1.165, 1.54) is 5.56 Å². The molecular formula is C22H23N3O3. The van der Waals surface area contributed by atoms with E-state index in [-0.39, 0.29) is 11.8 Å². The number of hydrogen-bond donors (Lipinski definition) is 0.